The number of imidazole rings is 2. The maximum Gasteiger partial charge on any atom is 0.407 e. The van der Waals surface area contributed by atoms with Crippen LogP contribution in [0.25, 0.3) is 22.5 Å². The quantitative estimate of drug-likeness (QED) is 0.0775. The Labute approximate surface area is 374 Å². The Balaban J connectivity index is 0.821. The summed E-state index contributed by atoms with van der Waals surface area (Å²) < 4.78 is 16.4. The molecule has 3 saturated carbocycles. The molecule has 4 fully saturated rings. The fourth-order valence-corrected chi connectivity index (χ4v) is 10.9. The third kappa shape index (κ3) is 9.08. The Kier molecular flexibility index (Phi) is 12.9. The third-order valence-corrected chi connectivity index (χ3v) is 14.5. The molecule has 340 valence electrons. The lowest BCUT2D eigenvalue weighted by atomic mass is 9.83. The van der Waals surface area contributed by atoms with E-state index < -0.39 is 24.3 Å². The normalized spacial score (nSPS) is 20.0. The van der Waals surface area contributed by atoms with Crippen molar-refractivity contribution in [1.29, 1.82) is 0 Å². The van der Waals surface area contributed by atoms with Crippen LogP contribution in [0, 0.1) is 11.8 Å². The second-order valence-electron chi connectivity index (χ2n) is 18.5. The molecule has 3 atom stereocenters. The number of aryl methyl sites for hydroxylation is 1. The first-order valence-electron chi connectivity index (χ1n) is 23.6. The van der Waals surface area contributed by atoms with Crippen molar-refractivity contribution in [3.63, 3.8) is 0 Å². The first-order chi connectivity index (χ1) is 31.2. The molecule has 0 bridgehead atoms. The summed E-state index contributed by atoms with van der Waals surface area (Å²) in [7, 11) is 2.66. The fourth-order valence-electron chi connectivity index (χ4n) is 10.9. The first kappa shape index (κ1) is 43.4. The number of unbranched alkanes of at least 4 members (excludes halogenated alkanes) is 1. The van der Waals surface area contributed by atoms with Gasteiger partial charge in [-0.3, -0.25) is 9.59 Å². The fraction of sp³-hybridized carbons (Fsp3) is 0.551. The summed E-state index contributed by atoms with van der Waals surface area (Å²) in [6.07, 6.45) is 19.0. The molecule has 1 saturated heterocycles. The number of hydrogen-bond acceptors (Lipinski definition) is 9. The van der Waals surface area contributed by atoms with E-state index in [1.54, 1.807) is 0 Å². The zero-order valence-electron chi connectivity index (χ0n) is 37.1. The number of benzene rings is 2. The van der Waals surface area contributed by atoms with Crippen molar-refractivity contribution in [1.82, 2.24) is 40.8 Å². The van der Waals surface area contributed by atoms with Crippen molar-refractivity contribution in [2.45, 2.75) is 133 Å². The summed E-state index contributed by atoms with van der Waals surface area (Å²) in [6.45, 7) is 1.14. The number of carbonyl (C=O) groups is 4. The molecule has 15 nitrogen and oxygen atoms in total. The molecule has 5 aliphatic rings. The number of methoxy groups -OCH3 is 2. The van der Waals surface area contributed by atoms with Crippen LogP contribution in [0.1, 0.15) is 132 Å². The predicted molar refractivity (Wildman–Crippen MR) is 240 cm³/mol. The Hall–Kier alpha value is -5.86. The van der Waals surface area contributed by atoms with Gasteiger partial charge in [0.1, 0.15) is 35.2 Å². The van der Waals surface area contributed by atoms with E-state index in [9.17, 15) is 19.2 Å². The van der Waals surface area contributed by atoms with Crippen molar-refractivity contribution in [2.75, 3.05) is 27.3 Å². The number of aromatic amines is 2. The number of amides is 4. The lowest BCUT2D eigenvalue weighted by Gasteiger charge is -2.34. The number of H-pyrrole nitrogens is 2. The molecule has 2 aliphatic heterocycles. The van der Waals surface area contributed by atoms with Gasteiger partial charge in [-0.05, 0) is 100 Å². The number of hydrogen-bond donors (Lipinski definition) is 5. The molecule has 2 aromatic heterocycles. The van der Waals surface area contributed by atoms with Crippen molar-refractivity contribution < 1.29 is 33.4 Å². The Morgan fingerprint density at radius 1 is 0.750 bits per heavy atom. The number of nitrogens with zero attached hydrogens (tertiary/aromatic N) is 3. The van der Waals surface area contributed by atoms with Gasteiger partial charge in [-0.2, -0.15) is 0 Å². The topological polar surface area (TPSA) is 193 Å². The SMILES string of the molecule is COC(=O)N[C@H](C(=O)NCCCCc1ncc(-c2ccc3c(c2)Oc2ccc(-c4cnc([C@@H]5CCCN5C(=O)[C@@H](NC(=O)OC)C5CCCCC5)[nH]4)cc2C32CC2)[nH]1)C1CCCCC1. The maximum absolute atomic E-state index is 14.1. The number of ether oxygens (including phenoxy) is 3. The van der Waals surface area contributed by atoms with E-state index in [1.165, 1.54) is 31.8 Å². The van der Waals surface area contributed by atoms with Gasteiger partial charge in [-0.25, -0.2) is 19.6 Å². The summed E-state index contributed by atoms with van der Waals surface area (Å²) in [5.74, 6) is 3.38. The average molecular weight is 875 g/mol. The van der Waals surface area contributed by atoms with Crippen molar-refractivity contribution in [2.24, 2.45) is 11.8 Å². The molecule has 4 aromatic rings. The zero-order valence-corrected chi connectivity index (χ0v) is 37.1. The summed E-state index contributed by atoms with van der Waals surface area (Å²) in [6, 6.07) is 11.4. The average Bonchev–Trinajstić information content (AvgIpc) is 3.67. The highest BCUT2D eigenvalue weighted by Gasteiger charge is 2.52. The van der Waals surface area contributed by atoms with Gasteiger partial charge in [0, 0.05) is 47.2 Å². The summed E-state index contributed by atoms with van der Waals surface area (Å²) in [5, 5.41) is 8.69. The smallest absolute Gasteiger partial charge is 0.407 e. The van der Waals surface area contributed by atoms with E-state index in [0.29, 0.717) is 13.1 Å². The number of alkyl carbamates (subject to hydrolysis) is 2. The van der Waals surface area contributed by atoms with E-state index in [2.05, 4.69) is 67.3 Å². The number of nitrogens with one attached hydrogen (secondary N) is 5. The van der Waals surface area contributed by atoms with E-state index in [-0.39, 0.29) is 35.1 Å². The highest BCUT2D eigenvalue weighted by atomic mass is 16.5. The molecule has 2 aromatic carbocycles. The second-order valence-corrected chi connectivity index (χ2v) is 18.5. The highest BCUT2D eigenvalue weighted by molar-refractivity contribution is 5.87. The highest BCUT2D eigenvalue weighted by Crippen LogP contribution is 2.62. The monoisotopic (exact) mass is 874 g/mol. The Morgan fingerprint density at radius 3 is 2.12 bits per heavy atom. The van der Waals surface area contributed by atoms with Gasteiger partial charge >= 0.3 is 12.2 Å². The van der Waals surface area contributed by atoms with Crippen LogP contribution in [0.5, 0.6) is 11.5 Å². The van der Waals surface area contributed by atoms with E-state index in [1.807, 2.05) is 17.3 Å². The second kappa shape index (κ2) is 19.1. The van der Waals surface area contributed by atoms with Crippen LogP contribution in [-0.4, -0.2) is 88.2 Å². The van der Waals surface area contributed by atoms with E-state index in [4.69, 9.17) is 19.2 Å². The summed E-state index contributed by atoms with van der Waals surface area (Å²) in [4.78, 5) is 70.0. The Morgan fingerprint density at radius 2 is 1.41 bits per heavy atom. The maximum atomic E-state index is 14.1. The minimum absolute atomic E-state index is 0.0556. The van der Waals surface area contributed by atoms with E-state index in [0.717, 1.165) is 148 Å². The molecule has 1 spiro atoms. The molecule has 15 heteroatoms. The molecule has 0 radical (unpaired) electrons. The van der Waals surface area contributed by atoms with Gasteiger partial charge in [0.15, 0.2) is 0 Å². The van der Waals surface area contributed by atoms with Crippen molar-refractivity contribution in [3.05, 3.63) is 71.6 Å². The largest absolute Gasteiger partial charge is 0.457 e. The van der Waals surface area contributed by atoms with Crippen molar-refractivity contribution in [3.8, 4) is 34.0 Å². The van der Waals surface area contributed by atoms with Gasteiger partial charge in [0.2, 0.25) is 11.8 Å². The Bertz CT molecular complexity index is 2320. The van der Waals surface area contributed by atoms with Gasteiger partial charge < -0.3 is 45.0 Å². The number of aromatic nitrogens is 4. The van der Waals surface area contributed by atoms with Crippen LogP contribution in [0.3, 0.4) is 0 Å². The molecular weight excluding hydrogens is 813 g/mol. The predicted octanol–water partition coefficient (Wildman–Crippen LogP) is 8.36. The van der Waals surface area contributed by atoms with Gasteiger partial charge in [-0.15, -0.1) is 0 Å². The standard InChI is InChI=1S/C49H62N8O7/c1-62-47(60)55-42(30-12-5-3-6-13-30)45(58)50-24-10-9-17-41-51-28-36(53-41)33-18-20-34-40(27-33)64-39-21-19-32(26-35(39)49(34)22-23-49)37-29-52-44(54-37)38-16-11-25-57(38)46(59)43(56-48(61)63-2)31-14-7-4-8-15-31/h18-21,26-31,38,42-43H,3-17,22-25H2,1-2H3,(H,50,58)(H,51,53)(H,52,54)(H,55,60)(H,56,61)/t38-,42-,43-/m0/s1. The summed E-state index contributed by atoms with van der Waals surface area (Å²) in [5.41, 5.74) is 6.08. The molecule has 5 N–H and O–H groups in total. The minimum Gasteiger partial charge on any atom is -0.457 e. The number of fused-ring (bicyclic) bond motifs is 4. The lowest BCUT2D eigenvalue weighted by molar-refractivity contribution is -0.136. The van der Waals surface area contributed by atoms with Crippen LogP contribution in [0.2, 0.25) is 0 Å². The number of carbonyl (C=O) groups excluding carboxylic acids is 4. The van der Waals surface area contributed by atoms with Crippen LogP contribution < -0.4 is 20.7 Å². The molecule has 9 rings (SSSR count). The molecule has 0 unspecified atom stereocenters. The molecule has 4 amide bonds. The third-order valence-electron chi connectivity index (χ3n) is 14.5. The number of likely N-dealkylation sites (tertiary alicyclic amines) is 1. The lowest BCUT2D eigenvalue weighted by Crippen LogP contribution is -2.52. The van der Waals surface area contributed by atoms with Crippen LogP contribution >= 0.6 is 0 Å². The molecular formula is C49H62N8O7. The molecule has 4 heterocycles. The van der Waals surface area contributed by atoms with Gasteiger partial charge in [-0.1, -0.05) is 50.7 Å². The van der Waals surface area contributed by atoms with Crippen molar-refractivity contribution >= 4 is 24.0 Å². The van der Waals surface area contributed by atoms with Gasteiger partial charge in [0.25, 0.3) is 0 Å². The molecule has 64 heavy (non-hydrogen) atoms. The van der Waals surface area contributed by atoms with Crippen LogP contribution in [0.4, 0.5) is 9.59 Å². The van der Waals surface area contributed by atoms with E-state index >= 15 is 0 Å². The minimum atomic E-state index is -0.608. The first-order valence-corrected chi connectivity index (χ1v) is 23.6. The number of rotatable bonds is 14. The van der Waals surface area contributed by atoms with Crippen LogP contribution in [-0.2, 0) is 30.9 Å². The molecule has 3 aliphatic carbocycles. The van der Waals surface area contributed by atoms with Crippen LogP contribution in [0.15, 0.2) is 48.8 Å². The zero-order chi connectivity index (χ0) is 44.2. The summed E-state index contributed by atoms with van der Waals surface area (Å²) >= 11 is 0. The van der Waals surface area contributed by atoms with Gasteiger partial charge in [0.05, 0.1) is 44.0 Å².